The van der Waals surface area contributed by atoms with Gasteiger partial charge in [0.2, 0.25) is 11.8 Å². The molecule has 0 unspecified atom stereocenters. The van der Waals surface area contributed by atoms with Gasteiger partial charge in [-0.1, -0.05) is 36.4 Å². The van der Waals surface area contributed by atoms with Crippen molar-refractivity contribution in [2.45, 2.75) is 25.7 Å². The van der Waals surface area contributed by atoms with Crippen molar-refractivity contribution in [1.82, 2.24) is 0 Å². The molecule has 0 fully saturated rings. The van der Waals surface area contributed by atoms with E-state index >= 15 is 0 Å². The monoisotopic (exact) mass is 564 g/mol. The summed E-state index contributed by atoms with van der Waals surface area (Å²) in [7, 11) is 0. The highest BCUT2D eigenvalue weighted by Crippen LogP contribution is 2.17. The van der Waals surface area contributed by atoms with E-state index in [-0.39, 0.29) is 36.7 Å². The predicted molar refractivity (Wildman–Crippen MR) is 167 cm³/mol. The molecule has 4 aromatic rings. The Bertz CT molecular complexity index is 1360. The number of hydrogen-bond acceptors (Lipinski definition) is 4. The first-order valence-electron chi connectivity index (χ1n) is 13.5. The van der Waals surface area contributed by atoms with Crippen LogP contribution in [0, 0.1) is 0 Å². The Morgan fingerprint density at radius 2 is 0.619 bits per heavy atom. The van der Waals surface area contributed by atoms with Crippen LogP contribution in [0.4, 0.5) is 43.7 Å². The van der Waals surface area contributed by atoms with Gasteiger partial charge in [0, 0.05) is 47.0 Å². The fourth-order valence-electron chi connectivity index (χ4n) is 3.92. The number of anilines is 6. The molecule has 6 N–H and O–H groups in total. The molecule has 10 nitrogen and oxygen atoms in total. The molecular weight excluding hydrogens is 532 g/mol. The number of hydrogen-bond donors (Lipinski definition) is 6. The number of rotatable bonds is 11. The Morgan fingerprint density at radius 1 is 0.357 bits per heavy atom. The summed E-state index contributed by atoms with van der Waals surface area (Å²) in [6.07, 6.45) is 1.66. The largest absolute Gasteiger partial charge is 0.326 e. The van der Waals surface area contributed by atoms with Gasteiger partial charge in [-0.3, -0.25) is 9.59 Å². The lowest BCUT2D eigenvalue weighted by Gasteiger charge is -2.10. The van der Waals surface area contributed by atoms with E-state index in [0.717, 1.165) is 0 Å². The highest BCUT2D eigenvalue weighted by Gasteiger charge is 2.08. The van der Waals surface area contributed by atoms with Crippen molar-refractivity contribution < 1.29 is 19.2 Å². The molecule has 0 aliphatic rings. The highest BCUT2D eigenvalue weighted by molar-refractivity contribution is 6.01. The maximum absolute atomic E-state index is 12.3. The summed E-state index contributed by atoms with van der Waals surface area (Å²) in [5.41, 5.74) is 3.78. The first kappa shape index (κ1) is 29.3. The summed E-state index contributed by atoms with van der Waals surface area (Å²) in [6.45, 7) is 0. The molecule has 0 radical (unpaired) electrons. The van der Waals surface area contributed by atoms with E-state index in [2.05, 4.69) is 31.9 Å². The third-order valence-electron chi connectivity index (χ3n) is 5.97. The zero-order chi connectivity index (χ0) is 29.6. The minimum absolute atomic E-state index is 0.155. The first-order valence-corrected chi connectivity index (χ1v) is 13.5. The second-order valence-electron chi connectivity index (χ2n) is 9.35. The molecule has 4 rings (SSSR count). The van der Waals surface area contributed by atoms with Crippen molar-refractivity contribution in [3.05, 3.63) is 109 Å². The van der Waals surface area contributed by atoms with Crippen molar-refractivity contribution in [2.24, 2.45) is 0 Å². The lowest BCUT2D eigenvalue weighted by molar-refractivity contribution is -0.118. The summed E-state index contributed by atoms with van der Waals surface area (Å²) < 4.78 is 0. The van der Waals surface area contributed by atoms with Gasteiger partial charge < -0.3 is 31.9 Å². The van der Waals surface area contributed by atoms with Gasteiger partial charge in [-0.15, -0.1) is 0 Å². The molecule has 214 valence electrons. The van der Waals surface area contributed by atoms with Crippen LogP contribution in [0.1, 0.15) is 25.7 Å². The van der Waals surface area contributed by atoms with Gasteiger partial charge in [-0.25, -0.2) is 9.59 Å². The predicted octanol–water partition coefficient (Wildman–Crippen LogP) is 7.11. The summed E-state index contributed by atoms with van der Waals surface area (Å²) >= 11 is 0. The smallest absolute Gasteiger partial charge is 0.323 e. The van der Waals surface area contributed by atoms with Crippen LogP contribution in [-0.2, 0) is 9.59 Å². The number of urea groups is 2. The third-order valence-corrected chi connectivity index (χ3v) is 5.97. The SMILES string of the molecule is O=C(CCCCC(=O)Nc1ccc(NC(=O)Nc2ccccc2)cc1)Nc1ccc(NC(=O)Nc2ccccc2)cc1. The van der Waals surface area contributed by atoms with Crippen molar-refractivity contribution in [2.75, 3.05) is 31.9 Å². The van der Waals surface area contributed by atoms with Gasteiger partial charge in [-0.05, 0) is 85.6 Å². The second-order valence-corrected chi connectivity index (χ2v) is 9.35. The molecule has 6 amide bonds. The average molecular weight is 565 g/mol. The number of carbonyl (C=O) groups excluding carboxylic acids is 4. The van der Waals surface area contributed by atoms with Crippen LogP contribution < -0.4 is 31.9 Å². The van der Waals surface area contributed by atoms with E-state index in [1.165, 1.54) is 0 Å². The minimum Gasteiger partial charge on any atom is -0.326 e. The summed E-state index contributed by atoms with van der Waals surface area (Å²) in [5.74, 6) is -0.311. The molecule has 4 aromatic carbocycles. The molecule has 0 atom stereocenters. The number of unbranched alkanes of at least 4 members (excludes halogenated alkanes) is 1. The van der Waals surface area contributed by atoms with E-state index in [1.54, 1.807) is 72.8 Å². The Balaban J connectivity index is 1.09. The zero-order valence-corrected chi connectivity index (χ0v) is 22.9. The van der Waals surface area contributed by atoms with Crippen LogP contribution in [-0.4, -0.2) is 23.9 Å². The van der Waals surface area contributed by atoms with Crippen molar-refractivity contribution in [3.8, 4) is 0 Å². The molecule has 0 saturated carbocycles. The quantitative estimate of drug-likeness (QED) is 0.108. The van der Waals surface area contributed by atoms with E-state index < -0.39 is 0 Å². The first-order chi connectivity index (χ1) is 20.4. The normalized spacial score (nSPS) is 10.2. The van der Waals surface area contributed by atoms with Crippen molar-refractivity contribution in [1.29, 1.82) is 0 Å². The minimum atomic E-state index is -0.361. The van der Waals surface area contributed by atoms with Gasteiger partial charge in [-0.2, -0.15) is 0 Å². The Morgan fingerprint density at radius 3 is 0.929 bits per heavy atom. The van der Waals surface area contributed by atoms with Gasteiger partial charge in [0.05, 0.1) is 0 Å². The van der Waals surface area contributed by atoms with Crippen LogP contribution in [0.25, 0.3) is 0 Å². The van der Waals surface area contributed by atoms with Crippen LogP contribution in [0.5, 0.6) is 0 Å². The van der Waals surface area contributed by atoms with Crippen LogP contribution in [0.15, 0.2) is 109 Å². The van der Waals surface area contributed by atoms with Crippen LogP contribution >= 0.6 is 0 Å². The van der Waals surface area contributed by atoms with E-state index in [1.807, 2.05) is 36.4 Å². The topological polar surface area (TPSA) is 140 Å². The van der Waals surface area contributed by atoms with E-state index in [9.17, 15) is 19.2 Å². The number of para-hydroxylation sites is 2. The van der Waals surface area contributed by atoms with E-state index in [0.29, 0.717) is 47.0 Å². The van der Waals surface area contributed by atoms with Crippen LogP contribution in [0.3, 0.4) is 0 Å². The molecule has 0 aliphatic carbocycles. The highest BCUT2D eigenvalue weighted by atomic mass is 16.2. The zero-order valence-electron chi connectivity index (χ0n) is 22.9. The lowest BCUT2D eigenvalue weighted by Crippen LogP contribution is -2.19. The summed E-state index contributed by atoms with van der Waals surface area (Å²) in [6, 6.07) is 31.1. The maximum atomic E-state index is 12.3. The molecule has 0 spiro atoms. The number of carbonyl (C=O) groups is 4. The van der Waals surface area contributed by atoms with Gasteiger partial charge in [0.1, 0.15) is 0 Å². The molecule has 0 heterocycles. The van der Waals surface area contributed by atoms with Gasteiger partial charge in [0.25, 0.3) is 0 Å². The number of benzene rings is 4. The lowest BCUT2D eigenvalue weighted by atomic mass is 10.1. The summed E-state index contributed by atoms with van der Waals surface area (Å²) in [5, 5.41) is 16.6. The second kappa shape index (κ2) is 15.2. The van der Waals surface area contributed by atoms with Gasteiger partial charge >= 0.3 is 12.1 Å². The van der Waals surface area contributed by atoms with Gasteiger partial charge in [0.15, 0.2) is 0 Å². The fraction of sp³-hybridized carbons (Fsp3) is 0.125. The Kier molecular flexibility index (Phi) is 10.6. The molecule has 0 bridgehead atoms. The number of amides is 6. The average Bonchev–Trinajstić information content (AvgIpc) is 2.98. The van der Waals surface area contributed by atoms with E-state index in [4.69, 9.17) is 0 Å². The maximum Gasteiger partial charge on any atom is 0.323 e. The number of nitrogens with one attached hydrogen (secondary N) is 6. The van der Waals surface area contributed by atoms with Crippen molar-refractivity contribution >= 4 is 58.0 Å². The summed E-state index contributed by atoms with van der Waals surface area (Å²) in [4.78, 5) is 48.8. The molecule has 0 aliphatic heterocycles. The third kappa shape index (κ3) is 10.2. The molecule has 0 aromatic heterocycles. The molecule has 42 heavy (non-hydrogen) atoms. The molecular formula is C32H32N6O4. The Labute approximate surface area is 243 Å². The standard InChI is InChI=1S/C32H32N6O4/c39-29(33-25-15-19-27(20-16-25)37-31(41)35-23-9-3-1-4-10-23)13-7-8-14-30(40)34-26-17-21-28(22-18-26)38-32(42)36-24-11-5-2-6-12-24/h1-6,9-12,15-22H,7-8,13-14H2,(H,33,39)(H,34,40)(H2,35,37,41)(H2,36,38,42). The van der Waals surface area contributed by atoms with Crippen LogP contribution in [0.2, 0.25) is 0 Å². The fourth-order valence-corrected chi connectivity index (χ4v) is 3.92. The molecule has 10 heteroatoms. The molecule has 0 saturated heterocycles. The van der Waals surface area contributed by atoms with Crippen molar-refractivity contribution in [3.63, 3.8) is 0 Å². The Hall–Kier alpha value is -5.64.